The Morgan fingerprint density at radius 2 is 2.00 bits per heavy atom. The Kier molecular flexibility index (Phi) is 3.56. The zero-order valence-electron chi connectivity index (χ0n) is 8.48. The van der Waals surface area contributed by atoms with Gasteiger partial charge in [-0.2, -0.15) is 0 Å². The van der Waals surface area contributed by atoms with Gasteiger partial charge in [0.15, 0.2) is 5.78 Å². The second-order valence-corrected chi connectivity index (χ2v) is 4.30. The minimum atomic E-state index is 0.216. The molecule has 0 amide bonds. The first-order chi connectivity index (χ1) is 7.36. The Morgan fingerprint density at radius 1 is 1.20 bits per heavy atom. The van der Waals surface area contributed by atoms with Crippen LogP contribution in [-0.4, -0.2) is 17.2 Å². The number of rotatable bonds is 4. The van der Waals surface area contributed by atoms with Crippen molar-refractivity contribution in [3.63, 3.8) is 0 Å². The average molecular weight is 219 g/mol. The van der Waals surface area contributed by atoms with Crippen LogP contribution in [0.4, 0.5) is 0 Å². The number of hydrogen-bond acceptors (Lipinski definition) is 3. The van der Waals surface area contributed by atoms with E-state index in [9.17, 15) is 4.79 Å². The second kappa shape index (κ2) is 5.12. The Bertz CT molecular complexity index is 372. The molecule has 1 heterocycles. The van der Waals surface area contributed by atoms with Crippen molar-refractivity contribution in [2.24, 2.45) is 4.40 Å². The van der Waals surface area contributed by atoms with E-state index in [1.807, 2.05) is 18.2 Å². The third-order valence-corrected chi connectivity index (χ3v) is 3.15. The van der Waals surface area contributed by atoms with Crippen LogP contribution in [-0.2, 0) is 11.2 Å². The van der Waals surface area contributed by atoms with E-state index >= 15 is 0 Å². The zero-order chi connectivity index (χ0) is 10.5. The predicted octanol–water partition coefficient (Wildman–Crippen LogP) is 2.68. The lowest BCUT2D eigenvalue weighted by Crippen LogP contribution is -2.10. The third kappa shape index (κ3) is 2.93. The molecular weight excluding hydrogens is 206 g/mol. The lowest BCUT2D eigenvalue weighted by Gasteiger charge is -2.00. The normalized spacial score (nSPS) is 15.5. The van der Waals surface area contributed by atoms with Gasteiger partial charge in [-0.3, -0.25) is 4.79 Å². The maximum atomic E-state index is 11.3. The van der Waals surface area contributed by atoms with E-state index in [1.165, 1.54) is 17.5 Å². The SMILES string of the molecule is O=C1CSN=C1CCCc1ccccc1. The fraction of sp³-hybridized carbons (Fsp3) is 0.333. The van der Waals surface area contributed by atoms with Crippen LogP contribution in [0.15, 0.2) is 34.7 Å². The topological polar surface area (TPSA) is 29.4 Å². The van der Waals surface area contributed by atoms with Crippen molar-refractivity contribution >= 4 is 23.4 Å². The van der Waals surface area contributed by atoms with Gasteiger partial charge in [-0.1, -0.05) is 30.3 Å². The molecule has 0 fully saturated rings. The van der Waals surface area contributed by atoms with Gasteiger partial charge in [-0.05, 0) is 36.8 Å². The fourth-order valence-corrected chi connectivity index (χ4v) is 2.29. The van der Waals surface area contributed by atoms with Crippen LogP contribution in [0.25, 0.3) is 0 Å². The van der Waals surface area contributed by atoms with Gasteiger partial charge in [0.2, 0.25) is 0 Å². The molecule has 0 bridgehead atoms. The Balaban J connectivity index is 1.78. The summed E-state index contributed by atoms with van der Waals surface area (Å²) in [6.07, 6.45) is 2.85. The molecule has 1 aromatic rings. The first-order valence-electron chi connectivity index (χ1n) is 5.12. The zero-order valence-corrected chi connectivity index (χ0v) is 9.30. The van der Waals surface area contributed by atoms with E-state index in [0.29, 0.717) is 5.75 Å². The summed E-state index contributed by atoms with van der Waals surface area (Å²) in [6.45, 7) is 0. The number of hydrogen-bond donors (Lipinski definition) is 0. The number of carbonyl (C=O) groups is 1. The largest absolute Gasteiger partial charge is 0.292 e. The van der Waals surface area contributed by atoms with Gasteiger partial charge in [0, 0.05) is 0 Å². The molecule has 15 heavy (non-hydrogen) atoms. The van der Waals surface area contributed by atoms with Gasteiger partial charge < -0.3 is 0 Å². The molecule has 0 saturated carbocycles. The quantitative estimate of drug-likeness (QED) is 0.729. The highest BCUT2D eigenvalue weighted by molar-refractivity contribution is 7.99. The molecule has 0 spiro atoms. The van der Waals surface area contributed by atoms with Crippen LogP contribution in [0.5, 0.6) is 0 Å². The van der Waals surface area contributed by atoms with Gasteiger partial charge >= 0.3 is 0 Å². The maximum Gasteiger partial charge on any atom is 0.189 e. The second-order valence-electron chi connectivity index (χ2n) is 3.57. The minimum Gasteiger partial charge on any atom is -0.292 e. The molecule has 3 heteroatoms. The molecule has 78 valence electrons. The number of Topliss-reactive ketones (excluding diaryl/α,β-unsaturated/α-hetero) is 1. The van der Waals surface area contributed by atoms with Crippen LogP contribution in [0.3, 0.4) is 0 Å². The van der Waals surface area contributed by atoms with Crippen molar-refractivity contribution < 1.29 is 4.79 Å². The highest BCUT2D eigenvalue weighted by Gasteiger charge is 2.16. The van der Waals surface area contributed by atoms with Crippen LogP contribution < -0.4 is 0 Å². The highest BCUT2D eigenvalue weighted by Crippen LogP contribution is 2.16. The predicted molar refractivity (Wildman–Crippen MR) is 64.3 cm³/mol. The Morgan fingerprint density at radius 3 is 2.67 bits per heavy atom. The molecule has 1 aromatic carbocycles. The number of nitrogens with zero attached hydrogens (tertiary/aromatic N) is 1. The summed E-state index contributed by atoms with van der Waals surface area (Å²) >= 11 is 1.37. The van der Waals surface area contributed by atoms with Crippen molar-refractivity contribution in [1.29, 1.82) is 0 Å². The number of benzene rings is 1. The molecule has 0 atom stereocenters. The average Bonchev–Trinajstić information content (AvgIpc) is 2.66. The van der Waals surface area contributed by atoms with Crippen molar-refractivity contribution in [3.05, 3.63) is 35.9 Å². The molecule has 2 nitrogen and oxygen atoms in total. The van der Waals surface area contributed by atoms with Crippen molar-refractivity contribution in [2.75, 3.05) is 5.75 Å². The highest BCUT2D eigenvalue weighted by atomic mass is 32.2. The lowest BCUT2D eigenvalue weighted by atomic mass is 10.1. The Hall–Kier alpha value is -1.09. The molecule has 0 saturated heterocycles. The van der Waals surface area contributed by atoms with Crippen molar-refractivity contribution in [3.8, 4) is 0 Å². The third-order valence-electron chi connectivity index (χ3n) is 2.41. The molecule has 2 rings (SSSR count). The summed E-state index contributed by atoms with van der Waals surface area (Å²) < 4.78 is 4.13. The van der Waals surface area contributed by atoms with E-state index in [1.54, 1.807) is 0 Å². The first-order valence-corrected chi connectivity index (χ1v) is 6.06. The molecule has 1 aliphatic rings. The van der Waals surface area contributed by atoms with Gasteiger partial charge in [0.05, 0.1) is 11.5 Å². The summed E-state index contributed by atoms with van der Waals surface area (Å²) in [5.74, 6) is 0.758. The van der Waals surface area contributed by atoms with E-state index in [2.05, 4.69) is 16.5 Å². The van der Waals surface area contributed by atoms with Crippen molar-refractivity contribution in [1.82, 2.24) is 0 Å². The fourth-order valence-electron chi connectivity index (χ4n) is 1.59. The van der Waals surface area contributed by atoms with E-state index in [0.717, 1.165) is 25.0 Å². The lowest BCUT2D eigenvalue weighted by molar-refractivity contribution is -0.110. The van der Waals surface area contributed by atoms with E-state index in [4.69, 9.17) is 0 Å². The number of aryl methyl sites for hydroxylation is 1. The number of ketones is 1. The first kappa shape index (κ1) is 10.4. The molecule has 1 aliphatic heterocycles. The molecular formula is C12H13NOS. The van der Waals surface area contributed by atoms with Crippen LogP contribution in [0.2, 0.25) is 0 Å². The monoisotopic (exact) mass is 219 g/mol. The van der Waals surface area contributed by atoms with Gasteiger partial charge in [0.25, 0.3) is 0 Å². The van der Waals surface area contributed by atoms with Gasteiger partial charge in [0.1, 0.15) is 0 Å². The minimum absolute atomic E-state index is 0.216. The molecule has 0 aromatic heterocycles. The van der Waals surface area contributed by atoms with Crippen LogP contribution >= 0.6 is 11.9 Å². The molecule has 0 unspecified atom stereocenters. The smallest absolute Gasteiger partial charge is 0.189 e. The van der Waals surface area contributed by atoms with E-state index in [-0.39, 0.29) is 5.78 Å². The summed E-state index contributed by atoms with van der Waals surface area (Å²) in [6, 6.07) is 10.3. The van der Waals surface area contributed by atoms with Crippen molar-refractivity contribution in [2.45, 2.75) is 19.3 Å². The summed E-state index contributed by atoms with van der Waals surface area (Å²) in [7, 11) is 0. The molecule has 0 aliphatic carbocycles. The summed E-state index contributed by atoms with van der Waals surface area (Å²) in [5.41, 5.74) is 2.10. The molecule has 0 N–H and O–H groups in total. The molecule has 0 radical (unpaired) electrons. The van der Waals surface area contributed by atoms with E-state index < -0.39 is 0 Å². The van der Waals surface area contributed by atoms with Crippen LogP contribution in [0.1, 0.15) is 18.4 Å². The van der Waals surface area contributed by atoms with Gasteiger partial charge in [-0.15, -0.1) is 0 Å². The summed E-state index contributed by atoms with van der Waals surface area (Å²) in [4.78, 5) is 11.3. The Labute approximate surface area is 93.9 Å². The van der Waals surface area contributed by atoms with Crippen LogP contribution in [0, 0.1) is 0 Å². The summed E-state index contributed by atoms with van der Waals surface area (Å²) in [5, 5.41) is 0. The number of carbonyl (C=O) groups excluding carboxylic acids is 1. The standard InChI is InChI=1S/C12H13NOS/c14-12-9-15-13-11(12)8-4-7-10-5-2-1-3-6-10/h1-3,5-6H,4,7-9H2. The van der Waals surface area contributed by atoms with Gasteiger partial charge in [-0.25, -0.2) is 4.40 Å². The maximum absolute atomic E-state index is 11.3.